The molecule has 1 aromatic carbocycles. The second-order valence-electron chi connectivity index (χ2n) is 4.36. The third-order valence-electron chi connectivity index (χ3n) is 2.76. The van der Waals surface area contributed by atoms with E-state index in [9.17, 15) is 4.79 Å². The second kappa shape index (κ2) is 7.41. The summed E-state index contributed by atoms with van der Waals surface area (Å²) in [5, 5.41) is 3.63. The van der Waals surface area contributed by atoms with Crippen molar-refractivity contribution >= 4 is 29.3 Å². The standard InChI is InChI=1S/C15H16ClNO2S/c1-11(14-3-2-9-19-14)17-15(18)8-10-20-13-6-4-12(16)5-7-13/h2-7,9,11H,8,10H2,1H3,(H,17,18)/t11-/m0/s1. The topological polar surface area (TPSA) is 42.2 Å². The van der Waals surface area contributed by atoms with Gasteiger partial charge in [-0.3, -0.25) is 4.79 Å². The number of thioether (sulfide) groups is 1. The van der Waals surface area contributed by atoms with Crippen LogP contribution in [0.5, 0.6) is 0 Å². The predicted molar refractivity (Wildman–Crippen MR) is 82.1 cm³/mol. The Balaban J connectivity index is 1.71. The summed E-state index contributed by atoms with van der Waals surface area (Å²) in [6.07, 6.45) is 2.08. The van der Waals surface area contributed by atoms with Gasteiger partial charge in [0, 0.05) is 22.1 Å². The third-order valence-corrected chi connectivity index (χ3v) is 4.02. The van der Waals surface area contributed by atoms with Gasteiger partial charge in [0.05, 0.1) is 12.3 Å². The first-order valence-corrected chi connectivity index (χ1v) is 7.72. The fourth-order valence-corrected chi connectivity index (χ4v) is 2.69. The highest BCUT2D eigenvalue weighted by Gasteiger charge is 2.11. The molecule has 1 heterocycles. The lowest BCUT2D eigenvalue weighted by molar-refractivity contribution is -0.121. The quantitative estimate of drug-likeness (QED) is 0.809. The molecule has 1 aromatic heterocycles. The molecular weight excluding hydrogens is 294 g/mol. The summed E-state index contributed by atoms with van der Waals surface area (Å²) in [6, 6.07) is 11.2. The van der Waals surface area contributed by atoms with Gasteiger partial charge in [0.15, 0.2) is 0 Å². The Morgan fingerprint density at radius 2 is 2.10 bits per heavy atom. The summed E-state index contributed by atoms with van der Waals surface area (Å²) in [5.41, 5.74) is 0. The minimum Gasteiger partial charge on any atom is -0.467 e. The minimum absolute atomic E-state index is 0.0235. The Morgan fingerprint density at radius 1 is 1.35 bits per heavy atom. The van der Waals surface area contributed by atoms with Gasteiger partial charge in [0.25, 0.3) is 0 Å². The van der Waals surface area contributed by atoms with Gasteiger partial charge < -0.3 is 9.73 Å². The Kier molecular flexibility index (Phi) is 5.56. The van der Waals surface area contributed by atoms with E-state index >= 15 is 0 Å². The molecule has 0 bridgehead atoms. The van der Waals surface area contributed by atoms with Crippen LogP contribution in [0.1, 0.15) is 25.1 Å². The van der Waals surface area contributed by atoms with Crippen LogP contribution in [0.15, 0.2) is 52.0 Å². The van der Waals surface area contributed by atoms with Crippen molar-refractivity contribution in [3.8, 4) is 0 Å². The van der Waals surface area contributed by atoms with Crippen molar-refractivity contribution in [2.24, 2.45) is 0 Å². The maximum atomic E-state index is 11.8. The van der Waals surface area contributed by atoms with E-state index in [-0.39, 0.29) is 11.9 Å². The van der Waals surface area contributed by atoms with Crippen LogP contribution in [0.2, 0.25) is 5.02 Å². The molecule has 0 radical (unpaired) electrons. The molecule has 0 aliphatic heterocycles. The molecule has 1 N–H and O–H groups in total. The zero-order valence-corrected chi connectivity index (χ0v) is 12.7. The van der Waals surface area contributed by atoms with Crippen molar-refractivity contribution in [2.45, 2.75) is 24.3 Å². The van der Waals surface area contributed by atoms with Gasteiger partial charge >= 0.3 is 0 Å². The summed E-state index contributed by atoms with van der Waals surface area (Å²) in [4.78, 5) is 12.9. The van der Waals surface area contributed by atoms with Crippen LogP contribution in [0.4, 0.5) is 0 Å². The lowest BCUT2D eigenvalue weighted by Gasteiger charge is -2.11. The molecule has 106 valence electrons. The van der Waals surface area contributed by atoms with Crippen molar-refractivity contribution in [3.63, 3.8) is 0 Å². The molecule has 1 atom stereocenters. The van der Waals surface area contributed by atoms with Gasteiger partial charge in [-0.2, -0.15) is 0 Å². The van der Waals surface area contributed by atoms with Gasteiger partial charge in [-0.25, -0.2) is 0 Å². The molecule has 3 nitrogen and oxygen atoms in total. The van der Waals surface area contributed by atoms with E-state index in [0.29, 0.717) is 6.42 Å². The average Bonchev–Trinajstić information content (AvgIpc) is 2.95. The molecule has 2 rings (SSSR count). The summed E-state index contributed by atoms with van der Waals surface area (Å²) in [5.74, 6) is 1.53. The number of carbonyl (C=O) groups is 1. The molecule has 1 amide bonds. The molecular formula is C15H16ClNO2S. The summed E-state index contributed by atoms with van der Waals surface area (Å²) >= 11 is 7.46. The van der Waals surface area contributed by atoms with Gasteiger partial charge in [-0.05, 0) is 43.3 Å². The van der Waals surface area contributed by atoms with E-state index in [0.717, 1.165) is 21.4 Å². The maximum Gasteiger partial charge on any atom is 0.221 e. The number of nitrogens with one attached hydrogen (secondary N) is 1. The molecule has 0 aliphatic rings. The zero-order chi connectivity index (χ0) is 14.4. The van der Waals surface area contributed by atoms with E-state index in [4.69, 9.17) is 16.0 Å². The minimum atomic E-state index is -0.0990. The molecule has 0 unspecified atom stereocenters. The molecule has 20 heavy (non-hydrogen) atoms. The fourth-order valence-electron chi connectivity index (χ4n) is 1.71. The third kappa shape index (κ3) is 4.62. The summed E-state index contributed by atoms with van der Waals surface area (Å²) in [7, 11) is 0. The molecule has 0 saturated heterocycles. The Bertz CT molecular complexity index is 540. The Hall–Kier alpha value is -1.39. The largest absolute Gasteiger partial charge is 0.467 e. The summed E-state index contributed by atoms with van der Waals surface area (Å²) < 4.78 is 5.25. The maximum absolute atomic E-state index is 11.8. The van der Waals surface area contributed by atoms with Crippen molar-refractivity contribution in [1.82, 2.24) is 5.32 Å². The summed E-state index contributed by atoms with van der Waals surface area (Å²) in [6.45, 7) is 1.91. The molecule has 0 fully saturated rings. The zero-order valence-electron chi connectivity index (χ0n) is 11.1. The number of halogens is 1. The first-order valence-electron chi connectivity index (χ1n) is 6.36. The van der Waals surface area contributed by atoms with E-state index in [2.05, 4.69) is 5.32 Å². The molecule has 0 saturated carbocycles. The van der Waals surface area contributed by atoms with Crippen molar-refractivity contribution < 1.29 is 9.21 Å². The van der Waals surface area contributed by atoms with Crippen LogP contribution in [0.25, 0.3) is 0 Å². The molecule has 2 aromatic rings. The number of hydrogen-bond donors (Lipinski definition) is 1. The highest BCUT2D eigenvalue weighted by Crippen LogP contribution is 2.21. The lowest BCUT2D eigenvalue weighted by Crippen LogP contribution is -2.26. The Labute approximate surface area is 127 Å². The number of carbonyl (C=O) groups excluding carboxylic acids is 1. The first-order chi connectivity index (χ1) is 9.65. The van der Waals surface area contributed by atoms with Gasteiger partial charge in [0.1, 0.15) is 5.76 Å². The number of rotatable bonds is 6. The van der Waals surface area contributed by atoms with Gasteiger partial charge in [0.2, 0.25) is 5.91 Å². The predicted octanol–water partition coefficient (Wildman–Crippen LogP) is 4.29. The number of benzene rings is 1. The lowest BCUT2D eigenvalue weighted by atomic mass is 10.2. The van der Waals surface area contributed by atoms with Crippen molar-refractivity contribution in [1.29, 1.82) is 0 Å². The number of hydrogen-bond acceptors (Lipinski definition) is 3. The highest BCUT2D eigenvalue weighted by molar-refractivity contribution is 7.99. The normalized spacial score (nSPS) is 12.1. The number of amides is 1. The SMILES string of the molecule is C[C@H](NC(=O)CCSc1ccc(Cl)cc1)c1ccco1. The van der Waals surface area contributed by atoms with Crippen molar-refractivity contribution in [3.05, 3.63) is 53.4 Å². The Morgan fingerprint density at radius 3 is 2.75 bits per heavy atom. The van der Waals surface area contributed by atoms with Crippen molar-refractivity contribution in [2.75, 3.05) is 5.75 Å². The average molecular weight is 310 g/mol. The van der Waals surface area contributed by atoms with Crippen LogP contribution in [-0.4, -0.2) is 11.7 Å². The first kappa shape index (κ1) is 15.0. The molecule has 5 heteroatoms. The fraction of sp³-hybridized carbons (Fsp3) is 0.267. The van der Waals surface area contributed by atoms with Crippen LogP contribution >= 0.6 is 23.4 Å². The molecule has 0 spiro atoms. The van der Waals surface area contributed by atoms with Crippen LogP contribution in [0, 0.1) is 0 Å². The van der Waals surface area contributed by atoms with E-state index in [1.807, 2.05) is 43.3 Å². The van der Waals surface area contributed by atoms with Crippen LogP contribution < -0.4 is 5.32 Å². The van der Waals surface area contributed by atoms with Gasteiger partial charge in [-0.1, -0.05) is 11.6 Å². The molecule has 0 aliphatic carbocycles. The highest BCUT2D eigenvalue weighted by atomic mass is 35.5. The van der Waals surface area contributed by atoms with Crippen LogP contribution in [0.3, 0.4) is 0 Å². The monoisotopic (exact) mass is 309 g/mol. The van der Waals surface area contributed by atoms with E-state index in [1.165, 1.54) is 0 Å². The van der Waals surface area contributed by atoms with E-state index < -0.39 is 0 Å². The van der Waals surface area contributed by atoms with Crippen LogP contribution in [-0.2, 0) is 4.79 Å². The van der Waals surface area contributed by atoms with E-state index in [1.54, 1.807) is 18.0 Å². The second-order valence-corrected chi connectivity index (χ2v) is 5.96. The van der Waals surface area contributed by atoms with Gasteiger partial charge in [-0.15, -0.1) is 11.8 Å². The smallest absolute Gasteiger partial charge is 0.221 e. The number of furan rings is 1.